The molecular weight excluding hydrogens is 228 g/mol. The molecule has 0 fully saturated rings. The molecule has 0 spiro atoms. The third-order valence-corrected chi connectivity index (χ3v) is 2.35. The van der Waals surface area contributed by atoms with Gasteiger partial charge in [0.25, 0.3) is 0 Å². The summed E-state index contributed by atoms with van der Waals surface area (Å²) in [5.74, 6) is 0. The molecule has 1 heterocycles. The Morgan fingerprint density at radius 3 is 2.61 bits per heavy atom. The molecular formula is C14H14N2O2. The number of amides is 1. The summed E-state index contributed by atoms with van der Waals surface area (Å²) < 4.78 is 5.07. The van der Waals surface area contributed by atoms with E-state index in [9.17, 15) is 4.79 Å². The smallest absolute Gasteiger partial charge is 0.407 e. The van der Waals surface area contributed by atoms with Gasteiger partial charge in [-0.2, -0.15) is 0 Å². The second kappa shape index (κ2) is 6.39. The molecule has 0 unspecified atom stereocenters. The van der Waals surface area contributed by atoms with Crippen molar-refractivity contribution in [3.8, 4) is 0 Å². The number of aromatic nitrogens is 1. The Bertz CT molecular complexity index is 440. The van der Waals surface area contributed by atoms with Crippen molar-refractivity contribution in [3.05, 3.63) is 66.0 Å². The van der Waals surface area contributed by atoms with Gasteiger partial charge in [-0.15, -0.1) is 0 Å². The van der Waals surface area contributed by atoms with E-state index < -0.39 is 6.09 Å². The molecule has 0 aliphatic rings. The lowest BCUT2D eigenvalue weighted by Crippen LogP contribution is -2.24. The molecule has 1 aromatic carbocycles. The first kappa shape index (κ1) is 12.1. The molecule has 1 aromatic heterocycles. The van der Waals surface area contributed by atoms with Crippen LogP contribution in [-0.4, -0.2) is 11.1 Å². The van der Waals surface area contributed by atoms with Crippen molar-refractivity contribution in [1.29, 1.82) is 0 Å². The largest absolute Gasteiger partial charge is 0.445 e. The Morgan fingerprint density at radius 1 is 1.11 bits per heavy atom. The Kier molecular flexibility index (Phi) is 4.30. The first-order valence-corrected chi connectivity index (χ1v) is 5.69. The van der Waals surface area contributed by atoms with Crippen LogP contribution >= 0.6 is 0 Å². The van der Waals surface area contributed by atoms with E-state index in [4.69, 9.17) is 4.74 Å². The average molecular weight is 242 g/mol. The zero-order chi connectivity index (χ0) is 12.6. The third-order valence-electron chi connectivity index (χ3n) is 2.35. The van der Waals surface area contributed by atoms with E-state index in [0.717, 1.165) is 11.3 Å². The summed E-state index contributed by atoms with van der Waals surface area (Å²) in [4.78, 5) is 15.5. The van der Waals surface area contributed by atoms with Crippen LogP contribution in [0.4, 0.5) is 4.79 Å². The average Bonchev–Trinajstić information content (AvgIpc) is 2.45. The summed E-state index contributed by atoms with van der Waals surface area (Å²) in [6, 6.07) is 15.1. The Labute approximate surface area is 106 Å². The molecule has 0 bridgehead atoms. The summed E-state index contributed by atoms with van der Waals surface area (Å²) >= 11 is 0. The summed E-state index contributed by atoms with van der Waals surface area (Å²) in [6.45, 7) is 0.642. The van der Waals surface area contributed by atoms with Crippen LogP contribution in [0.2, 0.25) is 0 Å². The van der Waals surface area contributed by atoms with Crippen molar-refractivity contribution in [2.45, 2.75) is 13.2 Å². The highest BCUT2D eigenvalue weighted by Gasteiger charge is 2.02. The van der Waals surface area contributed by atoms with E-state index >= 15 is 0 Å². The first-order valence-electron chi connectivity index (χ1n) is 5.69. The highest BCUT2D eigenvalue weighted by Crippen LogP contribution is 2.00. The second-order valence-corrected chi connectivity index (χ2v) is 3.74. The van der Waals surface area contributed by atoms with Gasteiger partial charge in [-0.3, -0.25) is 4.98 Å². The number of hydrogen-bond donors (Lipinski definition) is 1. The van der Waals surface area contributed by atoms with Gasteiger partial charge < -0.3 is 10.1 Å². The number of benzene rings is 1. The van der Waals surface area contributed by atoms with E-state index in [-0.39, 0.29) is 6.61 Å². The minimum atomic E-state index is -0.440. The van der Waals surface area contributed by atoms with Crippen LogP contribution < -0.4 is 5.32 Å². The maximum Gasteiger partial charge on any atom is 0.407 e. The monoisotopic (exact) mass is 242 g/mol. The number of carbonyl (C=O) groups is 1. The molecule has 92 valence electrons. The quantitative estimate of drug-likeness (QED) is 0.896. The molecule has 18 heavy (non-hydrogen) atoms. The lowest BCUT2D eigenvalue weighted by molar-refractivity contribution is 0.139. The SMILES string of the molecule is O=C(NCc1ccccn1)OCc1ccccc1. The molecule has 0 atom stereocenters. The van der Waals surface area contributed by atoms with E-state index in [0.29, 0.717) is 6.54 Å². The van der Waals surface area contributed by atoms with Crippen molar-refractivity contribution < 1.29 is 9.53 Å². The third kappa shape index (κ3) is 3.90. The van der Waals surface area contributed by atoms with Gasteiger partial charge in [0.15, 0.2) is 0 Å². The van der Waals surface area contributed by atoms with Crippen molar-refractivity contribution >= 4 is 6.09 Å². The van der Waals surface area contributed by atoms with E-state index in [1.54, 1.807) is 6.20 Å². The minimum Gasteiger partial charge on any atom is -0.445 e. The van der Waals surface area contributed by atoms with Crippen LogP contribution in [0, 0.1) is 0 Å². The second-order valence-electron chi connectivity index (χ2n) is 3.74. The topological polar surface area (TPSA) is 51.2 Å². The minimum absolute atomic E-state index is 0.273. The van der Waals surface area contributed by atoms with E-state index in [1.165, 1.54) is 0 Å². The van der Waals surface area contributed by atoms with Crippen LogP contribution in [0.1, 0.15) is 11.3 Å². The van der Waals surface area contributed by atoms with Crippen LogP contribution in [0.5, 0.6) is 0 Å². The molecule has 2 aromatic rings. The molecule has 0 aliphatic heterocycles. The summed E-state index contributed by atoms with van der Waals surface area (Å²) in [5.41, 5.74) is 1.76. The van der Waals surface area contributed by atoms with Crippen molar-refractivity contribution in [2.24, 2.45) is 0 Å². The van der Waals surface area contributed by atoms with Gasteiger partial charge in [-0.25, -0.2) is 4.79 Å². The zero-order valence-corrected chi connectivity index (χ0v) is 9.87. The number of alkyl carbamates (subject to hydrolysis) is 1. The lowest BCUT2D eigenvalue weighted by atomic mass is 10.2. The number of ether oxygens (including phenoxy) is 1. The molecule has 1 N–H and O–H groups in total. The molecule has 2 rings (SSSR count). The first-order chi connectivity index (χ1) is 8.84. The highest BCUT2D eigenvalue weighted by molar-refractivity contribution is 5.67. The van der Waals surface area contributed by atoms with Crippen LogP contribution in [0.25, 0.3) is 0 Å². The molecule has 0 saturated carbocycles. The van der Waals surface area contributed by atoms with Crippen LogP contribution in [0.3, 0.4) is 0 Å². The van der Waals surface area contributed by atoms with Crippen LogP contribution in [0.15, 0.2) is 54.7 Å². The van der Waals surface area contributed by atoms with Gasteiger partial charge >= 0.3 is 6.09 Å². The van der Waals surface area contributed by atoms with Gasteiger partial charge in [-0.05, 0) is 17.7 Å². The fourth-order valence-electron chi connectivity index (χ4n) is 1.44. The highest BCUT2D eigenvalue weighted by atomic mass is 16.5. The maximum atomic E-state index is 11.4. The van der Waals surface area contributed by atoms with Crippen LogP contribution in [-0.2, 0) is 17.9 Å². The number of nitrogens with one attached hydrogen (secondary N) is 1. The number of carbonyl (C=O) groups excluding carboxylic acids is 1. The van der Waals surface area contributed by atoms with Gasteiger partial charge in [0.05, 0.1) is 12.2 Å². The van der Waals surface area contributed by atoms with Crippen molar-refractivity contribution in [3.63, 3.8) is 0 Å². The fourth-order valence-corrected chi connectivity index (χ4v) is 1.44. The number of rotatable bonds is 4. The van der Waals surface area contributed by atoms with Gasteiger partial charge in [0.2, 0.25) is 0 Å². The fraction of sp³-hybridized carbons (Fsp3) is 0.143. The molecule has 1 amide bonds. The van der Waals surface area contributed by atoms with E-state index in [2.05, 4.69) is 10.3 Å². The summed E-state index contributed by atoms with van der Waals surface area (Å²) in [5, 5.41) is 2.65. The number of nitrogens with zero attached hydrogens (tertiary/aromatic N) is 1. The Hall–Kier alpha value is -2.36. The molecule has 4 nitrogen and oxygen atoms in total. The summed E-state index contributed by atoms with van der Waals surface area (Å²) in [7, 11) is 0. The van der Waals surface area contributed by atoms with E-state index in [1.807, 2.05) is 48.5 Å². The summed E-state index contributed by atoms with van der Waals surface area (Å²) in [6.07, 6.45) is 1.25. The lowest BCUT2D eigenvalue weighted by Gasteiger charge is -2.06. The molecule has 0 aliphatic carbocycles. The Morgan fingerprint density at radius 2 is 1.89 bits per heavy atom. The predicted molar refractivity (Wildman–Crippen MR) is 67.7 cm³/mol. The van der Waals surface area contributed by atoms with Crippen molar-refractivity contribution in [1.82, 2.24) is 10.3 Å². The Balaban J connectivity index is 1.73. The molecule has 0 radical (unpaired) electrons. The maximum absolute atomic E-state index is 11.4. The number of hydrogen-bond acceptors (Lipinski definition) is 3. The van der Waals surface area contributed by atoms with Gasteiger partial charge in [0, 0.05) is 6.20 Å². The zero-order valence-electron chi connectivity index (χ0n) is 9.87. The molecule has 0 saturated heterocycles. The molecule has 4 heteroatoms. The number of pyridine rings is 1. The van der Waals surface area contributed by atoms with Crippen molar-refractivity contribution in [2.75, 3.05) is 0 Å². The standard InChI is InChI=1S/C14H14N2O2/c17-14(16-10-13-8-4-5-9-15-13)18-11-12-6-2-1-3-7-12/h1-9H,10-11H2,(H,16,17). The van der Waals surface area contributed by atoms with Gasteiger partial charge in [-0.1, -0.05) is 36.4 Å². The normalized spacial score (nSPS) is 9.78. The predicted octanol–water partition coefficient (Wildman–Crippen LogP) is 2.51. The van der Waals surface area contributed by atoms with Gasteiger partial charge in [0.1, 0.15) is 6.61 Å².